The van der Waals surface area contributed by atoms with Crippen molar-refractivity contribution in [1.82, 2.24) is 19.2 Å². The number of nitrogens with zero attached hydrogens (tertiary/aromatic N) is 5. The number of halogens is 1. The first kappa shape index (κ1) is 45.8. The van der Waals surface area contributed by atoms with Crippen molar-refractivity contribution >= 4 is 50.2 Å². The molecule has 0 radical (unpaired) electrons. The number of anilines is 2. The van der Waals surface area contributed by atoms with E-state index in [0.29, 0.717) is 36.7 Å². The number of pyridine rings is 1. The van der Waals surface area contributed by atoms with Crippen molar-refractivity contribution in [2.45, 2.75) is 76.2 Å². The van der Waals surface area contributed by atoms with Crippen LogP contribution >= 0.6 is 11.6 Å². The highest BCUT2D eigenvalue weighted by Gasteiger charge is 2.32. The highest BCUT2D eigenvalue weighted by atomic mass is 35.5. The molecule has 1 saturated carbocycles. The number of piperazine rings is 1. The van der Waals surface area contributed by atoms with E-state index in [2.05, 4.69) is 50.8 Å². The molecule has 0 spiro atoms. The Morgan fingerprint density at radius 2 is 1.72 bits per heavy atom. The summed E-state index contributed by atoms with van der Waals surface area (Å²) >= 11 is 6.26. The van der Waals surface area contributed by atoms with Gasteiger partial charge in [0.05, 0.1) is 32.9 Å². The third kappa shape index (κ3) is 11.0. The van der Waals surface area contributed by atoms with Crippen LogP contribution in [0.4, 0.5) is 17.1 Å². The molecule has 2 aliphatic carbocycles. The fourth-order valence-corrected chi connectivity index (χ4v) is 10.3. The van der Waals surface area contributed by atoms with Crippen LogP contribution < -0.4 is 19.7 Å². The highest BCUT2D eigenvalue weighted by Crippen LogP contribution is 2.43. The lowest BCUT2D eigenvalue weighted by atomic mass is 9.72. The zero-order valence-corrected chi connectivity index (χ0v) is 38.6. The molecule has 3 N–H and O–H groups in total. The smallest absolute Gasteiger partial charge is 0.293 e. The van der Waals surface area contributed by atoms with Crippen LogP contribution in [0.3, 0.4) is 0 Å². The molecule has 65 heavy (non-hydrogen) atoms. The van der Waals surface area contributed by atoms with Gasteiger partial charge in [0.15, 0.2) is 0 Å². The number of aromatic nitrogens is 2. The lowest BCUT2D eigenvalue weighted by Gasteiger charge is -2.39. The predicted octanol–water partition coefficient (Wildman–Crippen LogP) is 9.48. The first-order valence-electron chi connectivity index (χ1n) is 22.2. The number of nitrogens with one attached hydrogen (secondary N) is 2. The Kier molecular flexibility index (Phi) is 13.4. The molecule has 0 unspecified atom stereocenters. The fourth-order valence-electron chi connectivity index (χ4n) is 9.15. The van der Waals surface area contributed by atoms with Gasteiger partial charge in [-0.3, -0.25) is 29.4 Å². The average molecular weight is 923 g/mol. The van der Waals surface area contributed by atoms with E-state index in [1.807, 2.05) is 31.2 Å². The lowest BCUT2D eigenvalue weighted by Crippen LogP contribution is -2.47. The molecule has 1 amide bonds. The summed E-state index contributed by atoms with van der Waals surface area (Å²) in [5.41, 5.74) is 4.61. The molecular weight excluding hydrogens is 866 g/mol. The van der Waals surface area contributed by atoms with Crippen molar-refractivity contribution in [2.75, 3.05) is 49.5 Å². The molecule has 3 aliphatic rings. The van der Waals surface area contributed by atoms with Crippen molar-refractivity contribution < 1.29 is 28.0 Å². The summed E-state index contributed by atoms with van der Waals surface area (Å²) in [6.07, 6.45) is 10.9. The number of carbonyl (C=O) groups excluding carboxylic acids is 1. The standard InChI is InChI=1S/C49H56ClN7O7S/c1-48(2)19-18-36(42(30-48)35-8-10-37(50)11-9-35)33-54-24-26-55(27-25-54)38-12-14-41(44(28-38)56-23-5-7-46(56)64-39-6-4-22-51-32-39)47(58)53-65(62,63)40-13-15-43(45(29-40)57(60)61)52-31-34-16-20-49(3,59)21-17-34/h4-15,22-23,28-29,32,34,52,59H,16-21,24-27,30-31,33H2,1-3H3,(H,53,58). The van der Waals surface area contributed by atoms with Crippen LogP contribution in [0.2, 0.25) is 5.02 Å². The molecule has 0 atom stereocenters. The molecule has 3 aromatic carbocycles. The molecule has 3 heterocycles. The SMILES string of the molecule is CC1(C)CCC(CN2CCN(c3ccc(C(=O)NS(=O)(=O)c4ccc(NCC5CCC(C)(O)CC5)c([N+](=O)[O-])c4)c(-n4cccc4Oc4cccnc4)c3)CC2)=C(c2ccc(Cl)cc2)C1. The number of allylic oxidation sites excluding steroid dienone is 1. The Bertz CT molecular complexity index is 2670. The Balaban J connectivity index is 1.02. The monoisotopic (exact) mass is 921 g/mol. The maximum Gasteiger partial charge on any atom is 0.293 e. The molecule has 342 valence electrons. The topological polar surface area (TPSA) is 172 Å². The number of sulfonamides is 1. The van der Waals surface area contributed by atoms with E-state index < -0.39 is 37.0 Å². The number of amides is 1. The molecule has 8 rings (SSSR count). The predicted molar refractivity (Wildman–Crippen MR) is 254 cm³/mol. The number of hydrogen-bond donors (Lipinski definition) is 3. The molecular formula is C49H56ClN7O7S. The third-order valence-electron chi connectivity index (χ3n) is 13.1. The van der Waals surface area contributed by atoms with Gasteiger partial charge in [-0.25, -0.2) is 13.1 Å². The van der Waals surface area contributed by atoms with Gasteiger partial charge >= 0.3 is 0 Å². The lowest BCUT2D eigenvalue weighted by molar-refractivity contribution is -0.384. The van der Waals surface area contributed by atoms with Crippen LogP contribution in [0.1, 0.15) is 81.6 Å². The van der Waals surface area contributed by atoms with Crippen LogP contribution in [-0.2, 0) is 10.0 Å². The summed E-state index contributed by atoms with van der Waals surface area (Å²) in [5.74, 6) is 0.117. The maximum atomic E-state index is 14.2. The third-order valence-corrected chi connectivity index (χ3v) is 14.6. The van der Waals surface area contributed by atoms with E-state index in [1.54, 1.807) is 53.5 Å². The Morgan fingerprint density at radius 3 is 2.43 bits per heavy atom. The van der Waals surface area contributed by atoms with Crippen LogP contribution in [-0.4, -0.2) is 83.7 Å². The largest absolute Gasteiger partial charge is 0.439 e. The molecule has 2 fully saturated rings. The number of aliphatic hydroxyl groups is 1. The molecule has 0 bridgehead atoms. The fraction of sp³-hybridized carbons (Fsp3) is 0.388. The highest BCUT2D eigenvalue weighted by molar-refractivity contribution is 7.90. The Morgan fingerprint density at radius 1 is 0.969 bits per heavy atom. The van der Waals surface area contributed by atoms with E-state index in [4.69, 9.17) is 16.3 Å². The second kappa shape index (κ2) is 19.0. The summed E-state index contributed by atoms with van der Waals surface area (Å²) < 4.78 is 37.7. The number of carbonyl (C=O) groups is 1. The second-order valence-electron chi connectivity index (χ2n) is 18.6. The van der Waals surface area contributed by atoms with Crippen molar-refractivity contribution in [1.29, 1.82) is 0 Å². The van der Waals surface area contributed by atoms with Gasteiger partial charge in [-0.05, 0) is 135 Å². The number of ether oxygens (including phenoxy) is 1. The van der Waals surface area contributed by atoms with Gasteiger partial charge in [-0.15, -0.1) is 0 Å². The molecule has 1 saturated heterocycles. The normalized spacial score (nSPS) is 20.3. The molecule has 1 aliphatic heterocycles. The number of hydrogen-bond acceptors (Lipinski definition) is 11. The van der Waals surface area contributed by atoms with Crippen molar-refractivity contribution in [3.05, 3.63) is 135 Å². The van der Waals surface area contributed by atoms with E-state index in [-0.39, 0.29) is 22.6 Å². The molecule has 5 aromatic rings. The second-order valence-corrected chi connectivity index (χ2v) is 20.7. The van der Waals surface area contributed by atoms with E-state index >= 15 is 0 Å². The average Bonchev–Trinajstić information content (AvgIpc) is 3.74. The molecule has 16 heteroatoms. The molecule has 14 nitrogen and oxygen atoms in total. The maximum absolute atomic E-state index is 14.2. The van der Waals surface area contributed by atoms with Gasteiger partial charge in [0.1, 0.15) is 11.4 Å². The van der Waals surface area contributed by atoms with Gasteiger partial charge < -0.3 is 20.1 Å². The number of benzene rings is 3. The van der Waals surface area contributed by atoms with Crippen LogP contribution in [0, 0.1) is 21.4 Å². The summed E-state index contributed by atoms with van der Waals surface area (Å²) in [6, 6.07) is 24.0. The Labute approximate surface area is 385 Å². The first-order valence-corrected chi connectivity index (χ1v) is 24.0. The minimum absolute atomic E-state index is 0.0457. The summed E-state index contributed by atoms with van der Waals surface area (Å²) in [6.45, 7) is 10.9. The minimum atomic E-state index is -4.59. The van der Waals surface area contributed by atoms with Crippen molar-refractivity contribution in [3.63, 3.8) is 0 Å². The van der Waals surface area contributed by atoms with Crippen molar-refractivity contribution in [2.24, 2.45) is 11.3 Å². The quantitative estimate of drug-likeness (QED) is 0.0716. The summed E-state index contributed by atoms with van der Waals surface area (Å²) in [5, 5.41) is 26.4. The number of rotatable bonds is 14. The van der Waals surface area contributed by atoms with E-state index in [9.17, 15) is 28.4 Å². The van der Waals surface area contributed by atoms with Crippen LogP contribution in [0.25, 0.3) is 11.3 Å². The zero-order chi connectivity index (χ0) is 45.9. The minimum Gasteiger partial charge on any atom is -0.439 e. The van der Waals surface area contributed by atoms with Crippen LogP contribution in [0.5, 0.6) is 11.6 Å². The van der Waals surface area contributed by atoms with Gasteiger partial charge in [0.25, 0.3) is 21.6 Å². The van der Waals surface area contributed by atoms with E-state index in [0.717, 1.165) is 81.6 Å². The van der Waals surface area contributed by atoms with Crippen molar-refractivity contribution in [3.8, 4) is 17.3 Å². The number of nitro groups is 1. The summed E-state index contributed by atoms with van der Waals surface area (Å²) in [4.78, 5) is 34.2. The van der Waals surface area contributed by atoms with E-state index in [1.165, 1.54) is 28.8 Å². The van der Waals surface area contributed by atoms with Crippen LogP contribution in [0.15, 0.2) is 114 Å². The van der Waals surface area contributed by atoms with Gasteiger partial charge in [-0.2, -0.15) is 0 Å². The number of nitro benzene ring substituents is 1. The summed E-state index contributed by atoms with van der Waals surface area (Å²) in [7, 11) is -4.59. The molecule has 2 aromatic heterocycles. The Hall–Kier alpha value is -5.74. The van der Waals surface area contributed by atoms with Gasteiger partial charge in [-0.1, -0.05) is 43.2 Å². The zero-order valence-electron chi connectivity index (χ0n) is 37.0. The van der Waals surface area contributed by atoms with Gasteiger partial charge in [0.2, 0.25) is 5.88 Å². The first-order chi connectivity index (χ1) is 31.0. The van der Waals surface area contributed by atoms with Gasteiger partial charge in [0, 0.05) is 74.5 Å².